The number of nitrogens with one attached hydrogen (secondary N) is 1. The maximum absolute atomic E-state index is 12.0. The van der Waals surface area contributed by atoms with Crippen molar-refractivity contribution >= 4 is 44.8 Å². The van der Waals surface area contributed by atoms with Crippen LogP contribution in [0.25, 0.3) is 0 Å². The van der Waals surface area contributed by atoms with Gasteiger partial charge in [0.05, 0.1) is 5.69 Å². The molecule has 0 spiro atoms. The van der Waals surface area contributed by atoms with E-state index in [1.165, 1.54) is 18.3 Å². The highest BCUT2D eigenvalue weighted by Gasteiger charge is 2.20. The smallest absolute Gasteiger partial charge is 0.349 e. The van der Waals surface area contributed by atoms with Crippen LogP contribution in [0.4, 0.5) is 5.69 Å². The topological polar surface area (TPSA) is 55.4 Å². The molecule has 0 bridgehead atoms. The number of ether oxygens (including phenoxy) is 1. The first-order valence-electron chi connectivity index (χ1n) is 5.88. The van der Waals surface area contributed by atoms with Crippen molar-refractivity contribution in [3.63, 3.8) is 0 Å². The van der Waals surface area contributed by atoms with Gasteiger partial charge in [0.15, 0.2) is 6.10 Å². The summed E-state index contributed by atoms with van der Waals surface area (Å²) in [5.41, 5.74) is 0.636. The van der Waals surface area contributed by atoms with E-state index in [2.05, 4.69) is 21.2 Å². The first-order valence-corrected chi connectivity index (χ1v) is 7.55. The second kappa shape index (κ2) is 6.67. The maximum Gasteiger partial charge on any atom is 0.349 e. The summed E-state index contributed by atoms with van der Waals surface area (Å²) in [5, 5.41) is 4.48. The lowest BCUT2D eigenvalue weighted by atomic mass is 10.3. The molecule has 0 aliphatic heterocycles. The number of anilines is 1. The highest BCUT2D eigenvalue weighted by molar-refractivity contribution is 9.10. The van der Waals surface area contributed by atoms with E-state index in [0.717, 1.165) is 4.47 Å². The van der Waals surface area contributed by atoms with Gasteiger partial charge in [-0.2, -0.15) is 0 Å². The number of carbonyl (C=O) groups is 2. The quantitative estimate of drug-likeness (QED) is 0.852. The van der Waals surface area contributed by atoms with Gasteiger partial charge in [-0.15, -0.1) is 11.3 Å². The minimum atomic E-state index is -0.864. The third-order valence-electron chi connectivity index (χ3n) is 2.51. The number of amides is 1. The van der Waals surface area contributed by atoms with Crippen LogP contribution in [0.3, 0.4) is 0 Å². The lowest BCUT2D eigenvalue weighted by Gasteiger charge is -2.13. The Hall–Kier alpha value is -1.66. The number of halogens is 1. The number of benzene rings is 1. The molecule has 1 unspecified atom stereocenters. The van der Waals surface area contributed by atoms with Crippen molar-refractivity contribution in [3.05, 3.63) is 51.1 Å². The van der Waals surface area contributed by atoms with E-state index in [4.69, 9.17) is 4.74 Å². The van der Waals surface area contributed by atoms with Crippen molar-refractivity contribution in [2.24, 2.45) is 0 Å². The van der Waals surface area contributed by atoms with Crippen LogP contribution in [-0.2, 0) is 9.53 Å². The van der Waals surface area contributed by atoms with Gasteiger partial charge in [0, 0.05) is 4.47 Å². The Morgan fingerprint density at radius 1 is 1.25 bits per heavy atom. The van der Waals surface area contributed by atoms with E-state index in [0.29, 0.717) is 10.6 Å². The van der Waals surface area contributed by atoms with Crippen LogP contribution < -0.4 is 5.32 Å². The average molecular weight is 354 g/mol. The standard InChI is InChI=1S/C14H12BrNO3S/c1-9(19-14(18)12-7-4-8-20-12)13(17)16-11-6-3-2-5-10(11)15/h2-9H,1H3,(H,16,17). The second-order valence-corrected chi connectivity index (χ2v) is 5.80. The minimum absolute atomic E-state index is 0.373. The summed E-state index contributed by atoms with van der Waals surface area (Å²) < 4.78 is 5.88. The molecule has 0 aliphatic rings. The van der Waals surface area contributed by atoms with Crippen LogP contribution in [0.5, 0.6) is 0 Å². The van der Waals surface area contributed by atoms with Gasteiger partial charge in [-0.25, -0.2) is 4.79 Å². The Bertz CT molecular complexity index is 613. The molecule has 0 saturated heterocycles. The molecule has 1 aromatic carbocycles. The predicted molar refractivity (Wildman–Crippen MR) is 82.0 cm³/mol. The van der Waals surface area contributed by atoms with E-state index in [-0.39, 0.29) is 5.91 Å². The summed E-state index contributed by atoms with van der Waals surface area (Å²) in [6, 6.07) is 10.6. The molecule has 1 aromatic heterocycles. The fraction of sp³-hybridized carbons (Fsp3) is 0.143. The van der Waals surface area contributed by atoms with Crippen LogP contribution in [0, 0.1) is 0 Å². The average Bonchev–Trinajstić information content (AvgIpc) is 2.95. The van der Waals surface area contributed by atoms with Gasteiger partial charge in [0.25, 0.3) is 5.91 Å². The van der Waals surface area contributed by atoms with Gasteiger partial charge in [-0.3, -0.25) is 4.79 Å². The van der Waals surface area contributed by atoms with Gasteiger partial charge < -0.3 is 10.1 Å². The summed E-state index contributed by atoms with van der Waals surface area (Å²) in [7, 11) is 0. The summed E-state index contributed by atoms with van der Waals surface area (Å²) in [6.45, 7) is 1.54. The molecular formula is C14H12BrNO3S. The second-order valence-electron chi connectivity index (χ2n) is 3.99. The molecule has 20 heavy (non-hydrogen) atoms. The number of thiophene rings is 1. The zero-order valence-corrected chi connectivity index (χ0v) is 13.0. The molecule has 0 saturated carbocycles. The van der Waals surface area contributed by atoms with Gasteiger partial charge in [0.2, 0.25) is 0 Å². The molecule has 1 atom stereocenters. The first kappa shape index (κ1) is 14.7. The Kier molecular flexibility index (Phi) is 4.92. The number of hydrogen-bond donors (Lipinski definition) is 1. The van der Waals surface area contributed by atoms with Crippen LogP contribution in [0.15, 0.2) is 46.3 Å². The van der Waals surface area contributed by atoms with E-state index in [1.807, 2.05) is 18.2 Å². The van der Waals surface area contributed by atoms with Crippen molar-refractivity contribution in [2.45, 2.75) is 13.0 Å². The lowest BCUT2D eigenvalue weighted by molar-refractivity contribution is -0.123. The third-order valence-corrected chi connectivity index (χ3v) is 4.05. The zero-order valence-electron chi connectivity index (χ0n) is 10.6. The highest BCUT2D eigenvalue weighted by Crippen LogP contribution is 2.21. The Morgan fingerprint density at radius 2 is 2.00 bits per heavy atom. The molecule has 2 rings (SSSR count). The third kappa shape index (κ3) is 3.68. The lowest BCUT2D eigenvalue weighted by Crippen LogP contribution is -2.29. The number of esters is 1. The monoisotopic (exact) mass is 353 g/mol. The Morgan fingerprint density at radius 3 is 2.65 bits per heavy atom. The van der Waals surface area contributed by atoms with Crippen molar-refractivity contribution in [1.29, 1.82) is 0 Å². The van der Waals surface area contributed by atoms with Crippen molar-refractivity contribution in [3.8, 4) is 0 Å². The molecule has 0 radical (unpaired) electrons. The molecular weight excluding hydrogens is 342 g/mol. The molecule has 1 heterocycles. The fourth-order valence-corrected chi connectivity index (χ4v) is 2.45. The number of carbonyl (C=O) groups excluding carboxylic acids is 2. The van der Waals surface area contributed by atoms with Crippen LogP contribution in [0.2, 0.25) is 0 Å². The van der Waals surface area contributed by atoms with Crippen LogP contribution in [-0.4, -0.2) is 18.0 Å². The number of hydrogen-bond acceptors (Lipinski definition) is 4. The Labute approximate surface area is 128 Å². The minimum Gasteiger partial charge on any atom is -0.448 e. The van der Waals surface area contributed by atoms with Crippen LogP contribution in [0.1, 0.15) is 16.6 Å². The first-order chi connectivity index (χ1) is 9.58. The predicted octanol–water partition coefficient (Wildman–Crippen LogP) is 3.69. The Balaban J connectivity index is 1.96. The molecule has 0 fully saturated rings. The molecule has 2 aromatic rings. The SMILES string of the molecule is CC(OC(=O)c1cccs1)C(=O)Nc1ccccc1Br. The number of para-hydroxylation sites is 1. The highest BCUT2D eigenvalue weighted by atomic mass is 79.9. The number of rotatable bonds is 4. The van der Waals surface area contributed by atoms with Gasteiger partial charge in [-0.1, -0.05) is 18.2 Å². The van der Waals surface area contributed by atoms with Gasteiger partial charge in [-0.05, 0) is 46.4 Å². The van der Waals surface area contributed by atoms with Crippen LogP contribution >= 0.6 is 27.3 Å². The van der Waals surface area contributed by atoms with Crippen molar-refractivity contribution in [2.75, 3.05) is 5.32 Å². The summed E-state index contributed by atoms with van der Waals surface area (Å²) in [6.07, 6.45) is -0.864. The van der Waals surface area contributed by atoms with Crippen molar-refractivity contribution in [1.82, 2.24) is 0 Å². The normalized spacial score (nSPS) is 11.7. The van der Waals surface area contributed by atoms with E-state index < -0.39 is 12.1 Å². The largest absolute Gasteiger partial charge is 0.448 e. The maximum atomic E-state index is 12.0. The molecule has 0 aliphatic carbocycles. The summed E-state index contributed by atoms with van der Waals surface area (Å²) >= 11 is 4.61. The van der Waals surface area contributed by atoms with E-state index in [1.54, 1.807) is 23.6 Å². The zero-order chi connectivity index (χ0) is 14.5. The van der Waals surface area contributed by atoms with E-state index >= 15 is 0 Å². The van der Waals surface area contributed by atoms with Crippen molar-refractivity contribution < 1.29 is 14.3 Å². The molecule has 1 amide bonds. The summed E-state index contributed by atoms with van der Waals surface area (Å²) in [5.74, 6) is -0.864. The van der Waals surface area contributed by atoms with Gasteiger partial charge in [0.1, 0.15) is 4.88 Å². The molecule has 1 N–H and O–H groups in total. The summed E-state index contributed by atoms with van der Waals surface area (Å²) in [4.78, 5) is 24.2. The van der Waals surface area contributed by atoms with Gasteiger partial charge >= 0.3 is 5.97 Å². The molecule has 104 valence electrons. The molecule has 4 nitrogen and oxygen atoms in total. The fourth-order valence-electron chi connectivity index (χ4n) is 1.46. The molecule has 6 heteroatoms. The van der Waals surface area contributed by atoms with E-state index in [9.17, 15) is 9.59 Å².